The van der Waals surface area contributed by atoms with Crippen LogP contribution in [0, 0.1) is 5.92 Å². The molecule has 1 aromatic rings. The summed E-state index contributed by atoms with van der Waals surface area (Å²) < 4.78 is 37.4. The first kappa shape index (κ1) is 16.0. The van der Waals surface area contributed by atoms with Gasteiger partial charge in [-0.25, -0.2) is 0 Å². The van der Waals surface area contributed by atoms with Crippen molar-refractivity contribution in [2.24, 2.45) is 5.92 Å². The molecule has 0 saturated heterocycles. The van der Waals surface area contributed by atoms with E-state index in [1.54, 1.807) is 12.1 Å². The van der Waals surface area contributed by atoms with E-state index < -0.39 is 11.7 Å². The second kappa shape index (κ2) is 6.42. The van der Waals surface area contributed by atoms with E-state index in [1.165, 1.54) is 0 Å². The monoisotopic (exact) mass is 273 g/mol. The maximum absolute atomic E-state index is 12.5. The fourth-order valence-corrected chi connectivity index (χ4v) is 2.16. The van der Waals surface area contributed by atoms with Crippen LogP contribution in [0.15, 0.2) is 24.3 Å². The van der Waals surface area contributed by atoms with Crippen LogP contribution in [0.5, 0.6) is 0 Å². The largest absolute Gasteiger partial charge is 0.416 e. The lowest BCUT2D eigenvalue weighted by Gasteiger charge is -2.25. The van der Waals surface area contributed by atoms with Gasteiger partial charge in [0.25, 0.3) is 0 Å². The van der Waals surface area contributed by atoms with E-state index in [9.17, 15) is 13.2 Å². The maximum atomic E-state index is 12.5. The van der Waals surface area contributed by atoms with Gasteiger partial charge in [0, 0.05) is 12.1 Å². The van der Waals surface area contributed by atoms with Gasteiger partial charge in [0.15, 0.2) is 0 Å². The van der Waals surface area contributed by atoms with Gasteiger partial charge >= 0.3 is 6.18 Å². The summed E-state index contributed by atoms with van der Waals surface area (Å²) in [5, 5.41) is 3.46. The smallest absolute Gasteiger partial charge is 0.307 e. The molecular formula is C15H22F3N. The molecule has 0 heterocycles. The molecule has 0 aromatic heterocycles. The van der Waals surface area contributed by atoms with Gasteiger partial charge < -0.3 is 5.32 Å². The number of alkyl halides is 3. The highest BCUT2D eigenvalue weighted by atomic mass is 19.4. The normalized spacial score (nSPS) is 15.6. The lowest BCUT2D eigenvalue weighted by molar-refractivity contribution is -0.137. The highest BCUT2D eigenvalue weighted by molar-refractivity contribution is 5.26. The summed E-state index contributed by atoms with van der Waals surface area (Å²) in [5.74, 6) is 0.502. The molecule has 4 heteroatoms. The Kier molecular flexibility index (Phi) is 5.41. The van der Waals surface area contributed by atoms with Crippen molar-refractivity contribution in [3.8, 4) is 0 Å². The molecule has 0 spiro atoms. The van der Waals surface area contributed by atoms with E-state index in [1.807, 2.05) is 6.92 Å². The van der Waals surface area contributed by atoms with Crippen LogP contribution in [-0.4, -0.2) is 6.04 Å². The molecule has 1 rings (SSSR count). The molecule has 0 bridgehead atoms. The van der Waals surface area contributed by atoms with Gasteiger partial charge in [0.2, 0.25) is 0 Å². The second-order valence-corrected chi connectivity index (χ2v) is 5.27. The number of rotatable bonds is 5. The van der Waals surface area contributed by atoms with Crippen LogP contribution in [0.4, 0.5) is 13.2 Å². The minimum Gasteiger partial charge on any atom is -0.307 e. The van der Waals surface area contributed by atoms with Crippen molar-refractivity contribution in [1.82, 2.24) is 5.32 Å². The van der Waals surface area contributed by atoms with E-state index in [-0.39, 0.29) is 6.04 Å². The quantitative estimate of drug-likeness (QED) is 0.813. The van der Waals surface area contributed by atoms with Crippen LogP contribution >= 0.6 is 0 Å². The zero-order chi connectivity index (χ0) is 14.6. The predicted octanol–water partition coefficient (Wildman–Crippen LogP) is 4.79. The fraction of sp³-hybridized carbons (Fsp3) is 0.600. The lowest BCUT2D eigenvalue weighted by atomic mass is 9.98. The Balaban J connectivity index is 2.75. The number of halogens is 3. The molecule has 1 N–H and O–H groups in total. The summed E-state index contributed by atoms with van der Waals surface area (Å²) in [6, 6.07) is 5.81. The Hall–Kier alpha value is -1.03. The van der Waals surface area contributed by atoms with Crippen molar-refractivity contribution in [2.45, 2.75) is 52.4 Å². The van der Waals surface area contributed by atoms with Gasteiger partial charge in [-0.05, 0) is 37.0 Å². The molecule has 0 aliphatic carbocycles. The van der Waals surface area contributed by atoms with E-state index in [4.69, 9.17) is 0 Å². The number of hydrogen-bond acceptors (Lipinski definition) is 1. The van der Waals surface area contributed by atoms with Crippen molar-refractivity contribution >= 4 is 0 Å². The molecule has 0 amide bonds. The molecule has 2 atom stereocenters. The third-order valence-corrected chi connectivity index (χ3v) is 3.45. The van der Waals surface area contributed by atoms with Gasteiger partial charge in [-0.1, -0.05) is 32.9 Å². The van der Waals surface area contributed by atoms with Gasteiger partial charge in [0.05, 0.1) is 5.56 Å². The minimum absolute atomic E-state index is 0.0506. The van der Waals surface area contributed by atoms with Crippen LogP contribution in [0.3, 0.4) is 0 Å². The first-order valence-electron chi connectivity index (χ1n) is 6.69. The number of benzene rings is 1. The van der Waals surface area contributed by atoms with Crippen LogP contribution in [0.2, 0.25) is 0 Å². The third-order valence-electron chi connectivity index (χ3n) is 3.45. The zero-order valence-electron chi connectivity index (χ0n) is 11.9. The average molecular weight is 273 g/mol. The van der Waals surface area contributed by atoms with Crippen LogP contribution < -0.4 is 5.32 Å². The van der Waals surface area contributed by atoms with Crippen molar-refractivity contribution in [3.05, 3.63) is 35.4 Å². The van der Waals surface area contributed by atoms with E-state index in [0.29, 0.717) is 12.0 Å². The van der Waals surface area contributed by atoms with Crippen molar-refractivity contribution in [2.75, 3.05) is 0 Å². The summed E-state index contributed by atoms with van der Waals surface area (Å²) in [4.78, 5) is 0. The summed E-state index contributed by atoms with van der Waals surface area (Å²) >= 11 is 0. The standard InChI is InChI=1S/C15H22F3N/c1-5-14(10(2)3)19-11(4)12-6-8-13(9-7-12)15(16,17)18/h6-11,14,19H,5H2,1-4H3. The number of hydrogen-bond donors (Lipinski definition) is 1. The Bertz CT molecular complexity index is 381. The first-order valence-corrected chi connectivity index (χ1v) is 6.69. The van der Waals surface area contributed by atoms with Crippen LogP contribution in [0.25, 0.3) is 0 Å². The van der Waals surface area contributed by atoms with E-state index >= 15 is 0 Å². The molecule has 108 valence electrons. The molecule has 0 fully saturated rings. The van der Waals surface area contributed by atoms with Gasteiger partial charge in [-0.15, -0.1) is 0 Å². The van der Waals surface area contributed by atoms with Gasteiger partial charge in [-0.2, -0.15) is 13.2 Å². The molecule has 0 aliphatic rings. The fourth-order valence-electron chi connectivity index (χ4n) is 2.16. The van der Waals surface area contributed by atoms with Crippen molar-refractivity contribution < 1.29 is 13.2 Å². The van der Waals surface area contributed by atoms with Crippen molar-refractivity contribution in [1.29, 1.82) is 0 Å². The molecular weight excluding hydrogens is 251 g/mol. The first-order chi connectivity index (χ1) is 8.75. The lowest BCUT2D eigenvalue weighted by Crippen LogP contribution is -2.35. The maximum Gasteiger partial charge on any atom is 0.416 e. The Morgan fingerprint density at radius 3 is 1.95 bits per heavy atom. The Morgan fingerprint density at radius 1 is 1.05 bits per heavy atom. The number of nitrogens with one attached hydrogen (secondary N) is 1. The van der Waals surface area contributed by atoms with Gasteiger partial charge in [-0.3, -0.25) is 0 Å². The molecule has 0 saturated carbocycles. The Morgan fingerprint density at radius 2 is 1.58 bits per heavy atom. The summed E-state index contributed by atoms with van der Waals surface area (Å²) in [7, 11) is 0. The topological polar surface area (TPSA) is 12.0 Å². The molecule has 0 radical (unpaired) electrons. The molecule has 1 nitrogen and oxygen atoms in total. The highest BCUT2D eigenvalue weighted by Crippen LogP contribution is 2.30. The zero-order valence-corrected chi connectivity index (χ0v) is 11.9. The van der Waals surface area contributed by atoms with Crippen LogP contribution in [-0.2, 0) is 6.18 Å². The summed E-state index contributed by atoms with van der Waals surface area (Å²) in [6.45, 7) is 8.37. The molecule has 19 heavy (non-hydrogen) atoms. The minimum atomic E-state index is -4.26. The third kappa shape index (κ3) is 4.53. The second-order valence-electron chi connectivity index (χ2n) is 5.27. The van der Waals surface area contributed by atoms with E-state index in [2.05, 4.69) is 26.1 Å². The molecule has 2 unspecified atom stereocenters. The average Bonchev–Trinajstić information content (AvgIpc) is 2.34. The molecule has 1 aromatic carbocycles. The van der Waals surface area contributed by atoms with E-state index in [0.717, 1.165) is 24.1 Å². The Labute approximate surface area is 113 Å². The summed E-state index contributed by atoms with van der Waals surface area (Å²) in [6.07, 6.45) is -3.26. The predicted molar refractivity (Wildman–Crippen MR) is 71.9 cm³/mol. The van der Waals surface area contributed by atoms with Crippen molar-refractivity contribution in [3.63, 3.8) is 0 Å². The molecule has 0 aliphatic heterocycles. The highest BCUT2D eigenvalue weighted by Gasteiger charge is 2.30. The summed E-state index contributed by atoms with van der Waals surface area (Å²) in [5.41, 5.74) is 0.284. The van der Waals surface area contributed by atoms with Crippen LogP contribution in [0.1, 0.15) is 51.3 Å². The van der Waals surface area contributed by atoms with Gasteiger partial charge in [0.1, 0.15) is 0 Å². The SMILES string of the molecule is CCC(NC(C)c1ccc(C(F)(F)F)cc1)C(C)C.